The molecule has 4 nitrogen and oxygen atoms in total. The first kappa shape index (κ1) is 12.0. The van der Waals surface area contributed by atoms with Crippen LogP contribution in [-0.2, 0) is 15.6 Å². The first-order chi connectivity index (χ1) is 6.51. The molecule has 0 aromatic carbocycles. The molecular formula is C6H7N2O2S4. The maximum Gasteiger partial charge on any atom is 0.174 e. The minimum Gasteiger partial charge on any atom is -0.229 e. The summed E-state index contributed by atoms with van der Waals surface area (Å²) in [5.41, 5.74) is 0. The van der Waals surface area contributed by atoms with E-state index in [-0.39, 0.29) is 5.75 Å². The summed E-state index contributed by atoms with van der Waals surface area (Å²) in [7, 11) is -3.02. The Labute approximate surface area is 96.0 Å². The highest BCUT2D eigenvalue weighted by molar-refractivity contribution is 8.02. The van der Waals surface area contributed by atoms with Crippen molar-refractivity contribution in [2.24, 2.45) is 0 Å². The van der Waals surface area contributed by atoms with Crippen LogP contribution in [0.1, 0.15) is 5.01 Å². The Bertz CT molecular complexity index is 411. The zero-order valence-electron chi connectivity index (χ0n) is 7.26. The van der Waals surface area contributed by atoms with Crippen LogP contribution in [0, 0.1) is 0 Å². The number of sulfone groups is 1. The number of thiocarbonyl (C=S) groups is 1. The SMILES string of the molecule is CS(=O)(=O)Cc1nnc(SC[C]=S)s1. The Morgan fingerprint density at radius 2 is 2.29 bits per heavy atom. The summed E-state index contributed by atoms with van der Waals surface area (Å²) in [5.74, 6) is 0.509. The van der Waals surface area contributed by atoms with E-state index in [1.54, 1.807) is 0 Å². The molecule has 0 fully saturated rings. The van der Waals surface area contributed by atoms with E-state index in [9.17, 15) is 8.42 Å². The van der Waals surface area contributed by atoms with E-state index in [1.807, 2.05) is 0 Å². The van der Waals surface area contributed by atoms with E-state index in [0.29, 0.717) is 10.8 Å². The molecule has 0 amide bonds. The van der Waals surface area contributed by atoms with Crippen LogP contribution in [0.15, 0.2) is 4.34 Å². The van der Waals surface area contributed by atoms with Crippen molar-refractivity contribution in [1.29, 1.82) is 0 Å². The van der Waals surface area contributed by atoms with Gasteiger partial charge >= 0.3 is 0 Å². The summed E-state index contributed by atoms with van der Waals surface area (Å²) in [6.07, 6.45) is 1.17. The Balaban J connectivity index is 2.64. The summed E-state index contributed by atoms with van der Waals surface area (Å²) in [4.78, 5) is 0. The van der Waals surface area contributed by atoms with Gasteiger partial charge in [0.1, 0.15) is 10.8 Å². The van der Waals surface area contributed by atoms with Crippen molar-refractivity contribution >= 4 is 50.5 Å². The maximum atomic E-state index is 10.9. The standard InChI is InChI=1S/C6H7N2O2S4/c1-14(9,10)4-5-7-8-6(13-5)12-3-2-11/h3-4H2,1H3. The average Bonchev–Trinajstić information content (AvgIpc) is 2.46. The van der Waals surface area contributed by atoms with Crippen LogP contribution in [-0.4, -0.2) is 36.0 Å². The fourth-order valence-electron chi connectivity index (χ4n) is 0.670. The van der Waals surface area contributed by atoms with E-state index in [0.717, 1.165) is 4.34 Å². The van der Waals surface area contributed by atoms with Crippen molar-refractivity contribution in [3.8, 4) is 0 Å². The summed E-state index contributed by atoms with van der Waals surface area (Å²) in [5, 5.41) is 10.6. The van der Waals surface area contributed by atoms with Gasteiger partial charge in [-0.25, -0.2) is 8.42 Å². The molecule has 0 aliphatic rings. The zero-order chi connectivity index (χ0) is 10.6. The summed E-state index contributed by atoms with van der Waals surface area (Å²) in [6.45, 7) is 0. The van der Waals surface area contributed by atoms with E-state index in [1.165, 1.54) is 29.4 Å². The molecule has 0 atom stereocenters. The Kier molecular flexibility index (Phi) is 4.42. The second-order valence-electron chi connectivity index (χ2n) is 2.46. The van der Waals surface area contributed by atoms with Crippen molar-refractivity contribution in [3.05, 3.63) is 5.01 Å². The lowest BCUT2D eigenvalue weighted by Gasteiger charge is -1.89. The quantitative estimate of drug-likeness (QED) is 0.587. The first-order valence-corrected chi connectivity index (χ1v) is 7.76. The third-order valence-corrected chi connectivity index (χ3v) is 4.33. The minimum absolute atomic E-state index is 0.0491. The molecule has 0 aliphatic heterocycles. The number of aromatic nitrogens is 2. The van der Waals surface area contributed by atoms with E-state index < -0.39 is 9.84 Å². The molecule has 0 N–H and O–H groups in total. The summed E-state index contributed by atoms with van der Waals surface area (Å²) in [6, 6.07) is 0. The molecule has 0 saturated heterocycles. The molecule has 0 aliphatic carbocycles. The second kappa shape index (κ2) is 5.15. The van der Waals surface area contributed by atoms with Crippen molar-refractivity contribution in [2.75, 3.05) is 12.0 Å². The molecule has 1 heterocycles. The van der Waals surface area contributed by atoms with Gasteiger partial charge in [0.2, 0.25) is 0 Å². The molecule has 0 saturated carbocycles. The minimum atomic E-state index is -3.02. The van der Waals surface area contributed by atoms with E-state index >= 15 is 0 Å². The lowest BCUT2D eigenvalue weighted by Crippen LogP contribution is -1.99. The lowest BCUT2D eigenvalue weighted by molar-refractivity contribution is 0.600. The van der Waals surface area contributed by atoms with E-state index in [2.05, 4.69) is 27.8 Å². The van der Waals surface area contributed by atoms with Crippen molar-refractivity contribution in [1.82, 2.24) is 10.2 Å². The van der Waals surface area contributed by atoms with Crippen LogP contribution in [0.5, 0.6) is 0 Å². The van der Waals surface area contributed by atoms with Crippen molar-refractivity contribution < 1.29 is 8.42 Å². The van der Waals surface area contributed by atoms with Gasteiger partial charge < -0.3 is 0 Å². The Hall–Kier alpha value is -0.0500. The lowest BCUT2D eigenvalue weighted by atomic mass is 10.9. The smallest absolute Gasteiger partial charge is 0.174 e. The molecular weight excluding hydrogens is 260 g/mol. The van der Waals surface area contributed by atoms with Gasteiger partial charge in [0.05, 0.1) is 0 Å². The third kappa shape index (κ3) is 4.45. The van der Waals surface area contributed by atoms with Gasteiger partial charge in [-0.1, -0.05) is 35.3 Å². The molecule has 1 radical (unpaired) electrons. The predicted octanol–water partition coefficient (Wildman–Crippen LogP) is 1.05. The fourth-order valence-corrected chi connectivity index (χ4v) is 3.58. The highest BCUT2D eigenvalue weighted by Crippen LogP contribution is 2.22. The number of hydrogen-bond donors (Lipinski definition) is 0. The second-order valence-corrected chi connectivity index (χ2v) is 7.18. The fraction of sp³-hybridized carbons (Fsp3) is 0.500. The summed E-state index contributed by atoms with van der Waals surface area (Å²) >= 11 is 7.21. The molecule has 0 bridgehead atoms. The normalized spacial score (nSPS) is 11.5. The molecule has 0 unspecified atom stereocenters. The molecule has 77 valence electrons. The van der Waals surface area contributed by atoms with Crippen LogP contribution in [0.3, 0.4) is 0 Å². The van der Waals surface area contributed by atoms with Crippen molar-refractivity contribution in [2.45, 2.75) is 10.1 Å². The van der Waals surface area contributed by atoms with Gasteiger partial charge in [0.25, 0.3) is 0 Å². The van der Waals surface area contributed by atoms with Gasteiger partial charge in [-0.15, -0.1) is 10.2 Å². The predicted molar refractivity (Wildman–Crippen MR) is 61.8 cm³/mol. The van der Waals surface area contributed by atoms with Crippen molar-refractivity contribution in [3.63, 3.8) is 0 Å². The van der Waals surface area contributed by atoms with Crippen LogP contribution in [0.25, 0.3) is 0 Å². The third-order valence-electron chi connectivity index (χ3n) is 1.09. The van der Waals surface area contributed by atoms with Gasteiger partial charge in [0, 0.05) is 17.4 Å². The summed E-state index contributed by atoms with van der Waals surface area (Å²) < 4.78 is 22.6. The Morgan fingerprint density at radius 1 is 1.57 bits per heavy atom. The number of rotatable bonds is 5. The van der Waals surface area contributed by atoms with E-state index in [4.69, 9.17) is 0 Å². The molecule has 0 spiro atoms. The number of nitrogens with zero attached hydrogens (tertiary/aromatic N) is 2. The van der Waals surface area contributed by atoms with Crippen LogP contribution < -0.4 is 0 Å². The van der Waals surface area contributed by atoms with Gasteiger partial charge in [-0.3, -0.25) is 0 Å². The first-order valence-electron chi connectivity index (χ1n) is 3.49. The van der Waals surface area contributed by atoms with Crippen LogP contribution >= 0.6 is 35.3 Å². The molecule has 14 heavy (non-hydrogen) atoms. The number of hydrogen-bond acceptors (Lipinski definition) is 7. The van der Waals surface area contributed by atoms with Gasteiger partial charge in [-0.2, -0.15) is 0 Å². The topological polar surface area (TPSA) is 59.9 Å². The molecule has 1 aromatic heterocycles. The molecule has 1 rings (SSSR count). The maximum absolute atomic E-state index is 10.9. The molecule has 8 heteroatoms. The zero-order valence-corrected chi connectivity index (χ0v) is 10.5. The van der Waals surface area contributed by atoms with Crippen LogP contribution in [0.4, 0.5) is 0 Å². The highest BCUT2D eigenvalue weighted by Gasteiger charge is 2.10. The average molecular weight is 267 g/mol. The molecule has 1 aromatic rings. The van der Waals surface area contributed by atoms with Gasteiger partial charge in [0.15, 0.2) is 14.2 Å². The van der Waals surface area contributed by atoms with Crippen LogP contribution in [0.2, 0.25) is 0 Å². The highest BCUT2D eigenvalue weighted by atomic mass is 32.2. The van der Waals surface area contributed by atoms with Gasteiger partial charge in [-0.05, 0) is 0 Å². The Morgan fingerprint density at radius 3 is 2.86 bits per heavy atom. The largest absolute Gasteiger partial charge is 0.229 e. The monoisotopic (exact) mass is 267 g/mol. The number of thioether (sulfide) groups is 1.